The molecule has 0 fully saturated rings. The maximum Gasteiger partial charge on any atom is 0.154 e. The van der Waals surface area contributed by atoms with Crippen LogP contribution in [-0.4, -0.2) is 10.2 Å². The maximum atomic E-state index is 14.2. The molecule has 0 atom stereocenters. The number of anilines is 1. The predicted octanol–water partition coefficient (Wildman–Crippen LogP) is 3.47. The van der Waals surface area contributed by atoms with Gasteiger partial charge in [0.15, 0.2) is 5.82 Å². The van der Waals surface area contributed by atoms with Crippen molar-refractivity contribution in [1.82, 2.24) is 10.2 Å². The summed E-state index contributed by atoms with van der Waals surface area (Å²) in [6, 6.07) is 9.62. The van der Waals surface area contributed by atoms with E-state index in [4.69, 9.17) is 5.73 Å². The number of hydrogen-bond acceptors (Lipinski definition) is 3. The van der Waals surface area contributed by atoms with Gasteiger partial charge in [0, 0.05) is 10.8 Å². The minimum Gasteiger partial charge on any atom is -0.382 e. The monoisotopic (exact) mass is 271 g/mol. The standard InChI is InChI=1S/C15H11F2N3/c1-8-6-7-11(16)12(13(8)17)14-9-4-2-3-5-10(9)15(18)20-19-14/h2-7H,1H3,(H2,18,20). The molecule has 0 unspecified atom stereocenters. The quantitative estimate of drug-likeness (QED) is 0.737. The van der Waals surface area contributed by atoms with Gasteiger partial charge in [-0.2, -0.15) is 0 Å². The molecule has 3 aromatic rings. The average molecular weight is 271 g/mol. The molecule has 0 bridgehead atoms. The van der Waals surface area contributed by atoms with Crippen LogP contribution < -0.4 is 5.73 Å². The van der Waals surface area contributed by atoms with Crippen molar-refractivity contribution >= 4 is 16.6 Å². The van der Waals surface area contributed by atoms with E-state index in [9.17, 15) is 8.78 Å². The third-order valence-electron chi connectivity index (χ3n) is 3.24. The van der Waals surface area contributed by atoms with Crippen LogP contribution in [0.25, 0.3) is 22.0 Å². The van der Waals surface area contributed by atoms with Gasteiger partial charge in [0.05, 0.1) is 5.56 Å². The molecule has 0 aliphatic rings. The lowest BCUT2D eigenvalue weighted by molar-refractivity contribution is 0.582. The number of nitrogens with zero attached hydrogens (tertiary/aromatic N) is 2. The van der Waals surface area contributed by atoms with Gasteiger partial charge in [0.2, 0.25) is 0 Å². The van der Waals surface area contributed by atoms with Gasteiger partial charge in [-0.3, -0.25) is 0 Å². The van der Waals surface area contributed by atoms with Crippen molar-refractivity contribution in [2.24, 2.45) is 0 Å². The fraction of sp³-hybridized carbons (Fsp3) is 0.0667. The van der Waals surface area contributed by atoms with E-state index in [-0.39, 0.29) is 17.1 Å². The lowest BCUT2D eigenvalue weighted by Crippen LogP contribution is -2.01. The van der Waals surface area contributed by atoms with E-state index in [0.717, 1.165) is 0 Å². The van der Waals surface area contributed by atoms with Gasteiger partial charge in [-0.25, -0.2) is 8.78 Å². The molecule has 0 aliphatic carbocycles. The molecule has 100 valence electrons. The molecule has 0 radical (unpaired) electrons. The predicted molar refractivity (Wildman–Crippen MR) is 74.0 cm³/mol. The Labute approximate surface area is 114 Å². The molecule has 20 heavy (non-hydrogen) atoms. The number of hydrogen-bond donors (Lipinski definition) is 1. The van der Waals surface area contributed by atoms with Crippen LogP contribution in [0.1, 0.15) is 5.56 Å². The van der Waals surface area contributed by atoms with Crippen molar-refractivity contribution in [3.05, 3.63) is 53.6 Å². The van der Waals surface area contributed by atoms with Crippen LogP contribution in [0.5, 0.6) is 0 Å². The number of aryl methyl sites for hydroxylation is 1. The van der Waals surface area contributed by atoms with E-state index in [0.29, 0.717) is 16.3 Å². The highest BCUT2D eigenvalue weighted by Gasteiger charge is 2.18. The molecule has 1 heterocycles. The fourth-order valence-electron chi connectivity index (χ4n) is 2.18. The molecule has 5 heteroatoms. The van der Waals surface area contributed by atoms with Crippen LogP contribution in [-0.2, 0) is 0 Å². The molecule has 0 aliphatic heterocycles. The van der Waals surface area contributed by atoms with Crippen molar-refractivity contribution in [1.29, 1.82) is 0 Å². The van der Waals surface area contributed by atoms with Gasteiger partial charge in [0.1, 0.15) is 17.3 Å². The second kappa shape index (κ2) is 4.52. The highest BCUT2D eigenvalue weighted by molar-refractivity contribution is 5.99. The largest absolute Gasteiger partial charge is 0.382 e. The molecule has 0 saturated carbocycles. The van der Waals surface area contributed by atoms with E-state index in [1.807, 2.05) is 0 Å². The van der Waals surface area contributed by atoms with Crippen LogP contribution in [0.2, 0.25) is 0 Å². The molecule has 2 N–H and O–H groups in total. The highest BCUT2D eigenvalue weighted by Crippen LogP contribution is 2.32. The maximum absolute atomic E-state index is 14.2. The first-order valence-corrected chi connectivity index (χ1v) is 6.05. The minimum absolute atomic E-state index is 0.161. The SMILES string of the molecule is Cc1ccc(F)c(-c2nnc(N)c3ccccc23)c1F. The molecule has 2 aromatic carbocycles. The van der Waals surface area contributed by atoms with Crippen LogP contribution in [0.15, 0.2) is 36.4 Å². The number of benzene rings is 2. The molecule has 0 saturated heterocycles. The lowest BCUT2D eigenvalue weighted by Gasteiger charge is -2.10. The summed E-state index contributed by atoms with van der Waals surface area (Å²) in [5.41, 5.74) is 6.09. The smallest absolute Gasteiger partial charge is 0.154 e. The second-order valence-electron chi connectivity index (χ2n) is 4.53. The third kappa shape index (κ3) is 1.79. The molecule has 3 nitrogen and oxygen atoms in total. The molecule has 3 rings (SSSR count). The van der Waals surface area contributed by atoms with E-state index < -0.39 is 11.6 Å². The Morgan fingerprint density at radius 1 is 0.950 bits per heavy atom. The van der Waals surface area contributed by atoms with Crippen molar-refractivity contribution in [2.45, 2.75) is 6.92 Å². The fourth-order valence-corrected chi connectivity index (χ4v) is 2.18. The summed E-state index contributed by atoms with van der Waals surface area (Å²) in [4.78, 5) is 0. The van der Waals surface area contributed by atoms with Crippen LogP contribution in [0, 0.1) is 18.6 Å². The summed E-state index contributed by atoms with van der Waals surface area (Å²) in [5, 5.41) is 8.87. The molecular formula is C15H11F2N3. The van der Waals surface area contributed by atoms with Crippen LogP contribution in [0.3, 0.4) is 0 Å². The van der Waals surface area contributed by atoms with E-state index in [1.165, 1.54) is 12.1 Å². The molecular weight excluding hydrogens is 260 g/mol. The minimum atomic E-state index is -0.669. The van der Waals surface area contributed by atoms with Crippen molar-refractivity contribution in [3.8, 4) is 11.3 Å². The zero-order valence-electron chi connectivity index (χ0n) is 10.7. The van der Waals surface area contributed by atoms with Crippen molar-refractivity contribution < 1.29 is 8.78 Å². The number of nitrogens with two attached hydrogens (primary N) is 1. The van der Waals surface area contributed by atoms with Crippen molar-refractivity contribution in [2.75, 3.05) is 5.73 Å². The summed E-state index contributed by atoms with van der Waals surface area (Å²) in [5.74, 6) is -1.07. The number of halogens is 2. The summed E-state index contributed by atoms with van der Waals surface area (Å²) >= 11 is 0. The van der Waals surface area contributed by atoms with E-state index in [1.54, 1.807) is 31.2 Å². The Balaban J connectivity index is 2.42. The van der Waals surface area contributed by atoms with Crippen molar-refractivity contribution in [3.63, 3.8) is 0 Å². The second-order valence-corrected chi connectivity index (χ2v) is 4.53. The Kier molecular flexibility index (Phi) is 2.82. The molecule has 1 aromatic heterocycles. The number of aromatic nitrogens is 2. The van der Waals surface area contributed by atoms with Gasteiger partial charge >= 0.3 is 0 Å². The Hall–Kier alpha value is -2.56. The Bertz CT molecular complexity index is 816. The zero-order valence-corrected chi connectivity index (χ0v) is 10.7. The summed E-state index contributed by atoms with van der Waals surface area (Å²) in [7, 11) is 0. The number of rotatable bonds is 1. The first-order valence-electron chi connectivity index (χ1n) is 6.05. The average Bonchev–Trinajstić information content (AvgIpc) is 2.46. The van der Waals surface area contributed by atoms with E-state index in [2.05, 4.69) is 10.2 Å². The summed E-state index contributed by atoms with van der Waals surface area (Å²) in [6.07, 6.45) is 0. The Morgan fingerprint density at radius 3 is 2.40 bits per heavy atom. The normalized spacial score (nSPS) is 10.9. The number of nitrogen functional groups attached to an aromatic ring is 1. The summed E-state index contributed by atoms with van der Waals surface area (Å²) < 4.78 is 28.2. The van der Waals surface area contributed by atoms with Gasteiger partial charge in [0.25, 0.3) is 0 Å². The van der Waals surface area contributed by atoms with Gasteiger partial charge in [-0.05, 0) is 18.6 Å². The van der Waals surface area contributed by atoms with Gasteiger partial charge in [-0.15, -0.1) is 10.2 Å². The van der Waals surface area contributed by atoms with Crippen LogP contribution in [0.4, 0.5) is 14.6 Å². The first kappa shape index (κ1) is 12.5. The van der Waals surface area contributed by atoms with E-state index >= 15 is 0 Å². The van der Waals surface area contributed by atoms with Gasteiger partial charge in [-0.1, -0.05) is 30.3 Å². The zero-order chi connectivity index (χ0) is 14.3. The highest BCUT2D eigenvalue weighted by atomic mass is 19.1. The molecule has 0 spiro atoms. The lowest BCUT2D eigenvalue weighted by atomic mass is 10.0. The Morgan fingerprint density at radius 2 is 1.65 bits per heavy atom. The summed E-state index contributed by atoms with van der Waals surface area (Å²) in [6.45, 7) is 1.57. The van der Waals surface area contributed by atoms with Gasteiger partial charge < -0.3 is 5.73 Å². The third-order valence-corrected chi connectivity index (χ3v) is 3.24. The molecule has 0 amide bonds. The van der Waals surface area contributed by atoms with Crippen LogP contribution >= 0.6 is 0 Å². The first-order chi connectivity index (χ1) is 9.59. The topological polar surface area (TPSA) is 51.8 Å². The number of fused-ring (bicyclic) bond motifs is 1.